The molecule has 1 fully saturated rings. The van der Waals surface area contributed by atoms with E-state index in [0.29, 0.717) is 27.9 Å². The van der Waals surface area contributed by atoms with Crippen LogP contribution in [0, 0.1) is 6.92 Å². The number of hydrogen-bond acceptors (Lipinski definition) is 4. The molecule has 2 amide bonds. The zero-order chi connectivity index (χ0) is 25.9. The number of carbonyl (C=O) groups excluding carboxylic acids is 2. The van der Waals surface area contributed by atoms with Crippen molar-refractivity contribution in [3.05, 3.63) is 106 Å². The molecule has 0 spiro atoms. The average Bonchev–Trinajstić information content (AvgIpc) is 3.32. The Morgan fingerprint density at radius 1 is 1.08 bits per heavy atom. The fourth-order valence-corrected chi connectivity index (χ4v) is 4.63. The summed E-state index contributed by atoms with van der Waals surface area (Å²) in [5, 5.41) is 18.4. The third kappa shape index (κ3) is 5.22. The maximum Gasteiger partial charge on any atom is 0.349 e. The summed E-state index contributed by atoms with van der Waals surface area (Å²) < 4.78 is 1.44. The van der Waals surface area contributed by atoms with Gasteiger partial charge in [0.05, 0.1) is 28.5 Å². The molecule has 1 heterocycles. The molecule has 7 nitrogen and oxygen atoms in total. The zero-order valence-electron chi connectivity index (χ0n) is 20.4. The summed E-state index contributed by atoms with van der Waals surface area (Å²) in [6.45, 7) is 2.24. The highest BCUT2D eigenvalue weighted by Crippen LogP contribution is 2.37. The Kier molecular flexibility index (Phi) is 6.97. The lowest BCUT2D eigenvalue weighted by Gasteiger charge is -2.28. The number of amides is 2. The van der Waals surface area contributed by atoms with Crippen molar-refractivity contribution in [1.82, 2.24) is 9.78 Å². The fraction of sp³-hybridized carbons (Fsp3) is 0.207. The van der Waals surface area contributed by atoms with Crippen LogP contribution >= 0.6 is 11.6 Å². The number of carbonyl (C=O) groups is 2. The van der Waals surface area contributed by atoms with Crippen LogP contribution in [0.4, 0.5) is 16.2 Å². The number of halogens is 1. The molecule has 0 atom stereocenters. The fourth-order valence-electron chi connectivity index (χ4n) is 4.41. The summed E-state index contributed by atoms with van der Waals surface area (Å²) in [6.07, 6.45) is 4.84. The van der Waals surface area contributed by atoms with Gasteiger partial charge in [-0.3, -0.25) is 9.69 Å². The predicted molar refractivity (Wildman–Crippen MR) is 144 cm³/mol. The Morgan fingerprint density at radius 3 is 2.51 bits per heavy atom. The highest BCUT2D eigenvalue weighted by molar-refractivity contribution is 6.34. The van der Waals surface area contributed by atoms with Crippen molar-refractivity contribution in [3.63, 3.8) is 0 Å². The third-order valence-electron chi connectivity index (χ3n) is 6.71. The molecule has 0 radical (unpaired) electrons. The van der Waals surface area contributed by atoms with Crippen LogP contribution in [0.5, 0.6) is 5.75 Å². The molecule has 8 heteroatoms. The second-order valence-electron chi connectivity index (χ2n) is 9.29. The van der Waals surface area contributed by atoms with Crippen LogP contribution in [0.2, 0.25) is 5.02 Å². The minimum absolute atomic E-state index is 0.144. The number of aromatic nitrogens is 2. The van der Waals surface area contributed by atoms with Crippen molar-refractivity contribution in [2.24, 2.45) is 0 Å². The van der Waals surface area contributed by atoms with Gasteiger partial charge in [0.25, 0.3) is 5.91 Å². The van der Waals surface area contributed by atoms with E-state index in [-0.39, 0.29) is 18.3 Å². The van der Waals surface area contributed by atoms with Gasteiger partial charge < -0.3 is 10.4 Å². The van der Waals surface area contributed by atoms with Crippen LogP contribution in [-0.2, 0) is 6.54 Å². The Morgan fingerprint density at radius 2 is 1.84 bits per heavy atom. The van der Waals surface area contributed by atoms with Gasteiger partial charge >= 0.3 is 6.03 Å². The van der Waals surface area contributed by atoms with Gasteiger partial charge in [0.1, 0.15) is 5.75 Å². The molecular weight excluding hydrogens is 488 g/mol. The quantitative estimate of drug-likeness (QED) is 0.298. The van der Waals surface area contributed by atoms with Gasteiger partial charge in [0.2, 0.25) is 0 Å². The molecule has 5 rings (SSSR count). The molecule has 37 heavy (non-hydrogen) atoms. The Balaban J connectivity index is 1.46. The smallest absolute Gasteiger partial charge is 0.349 e. The van der Waals surface area contributed by atoms with Crippen LogP contribution in [-0.4, -0.2) is 26.8 Å². The SMILES string of the molecule is Cc1ccc(CN(C(=O)n2nccc2C2CCC2)c2ccc(NC(=O)c3ccccc3Cl)cc2O)cc1. The first-order valence-corrected chi connectivity index (χ1v) is 12.6. The van der Waals surface area contributed by atoms with Gasteiger partial charge in [-0.15, -0.1) is 0 Å². The van der Waals surface area contributed by atoms with E-state index in [0.717, 1.165) is 36.1 Å². The van der Waals surface area contributed by atoms with Crippen LogP contribution in [0.15, 0.2) is 79.0 Å². The van der Waals surface area contributed by atoms with E-state index in [4.69, 9.17) is 11.6 Å². The van der Waals surface area contributed by atoms with Crippen molar-refractivity contribution < 1.29 is 14.7 Å². The molecular formula is C29H27ClN4O3. The number of rotatable bonds is 6. The molecule has 3 aromatic carbocycles. The van der Waals surface area contributed by atoms with Crippen molar-refractivity contribution in [3.8, 4) is 5.75 Å². The lowest BCUT2D eigenvalue weighted by Crippen LogP contribution is -2.36. The maximum absolute atomic E-state index is 13.8. The molecule has 0 aliphatic heterocycles. The molecule has 0 bridgehead atoms. The van der Waals surface area contributed by atoms with E-state index in [2.05, 4.69) is 10.4 Å². The topological polar surface area (TPSA) is 87.5 Å². The highest BCUT2D eigenvalue weighted by atomic mass is 35.5. The first kappa shape index (κ1) is 24.6. The summed E-state index contributed by atoms with van der Waals surface area (Å²) in [7, 11) is 0. The van der Waals surface area contributed by atoms with E-state index in [1.54, 1.807) is 42.6 Å². The van der Waals surface area contributed by atoms with Crippen LogP contribution < -0.4 is 10.2 Å². The number of hydrogen-bond donors (Lipinski definition) is 2. The summed E-state index contributed by atoms with van der Waals surface area (Å²) in [4.78, 5) is 28.0. The number of nitrogens with one attached hydrogen (secondary N) is 1. The maximum atomic E-state index is 13.8. The Bertz CT molecular complexity index is 1440. The van der Waals surface area contributed by atoms with Crippen LogP contribution in [0.1, 0.15) is 52.4 Å². The first-order chi connectivity index (χ1) is 17.9. The van der Waals surface area contributed by atoms with Gasteiger partial charge in [-0.05, 0) is 55.7 Å². The van der Waals surface area contributed by atoms with E-state index >= 15 is 0 Å². The lowest BCUT2D eigenvalue weighted by atomic mass is 9.83. The minimum atomic E-state index is -0.396. The second kappa shape index (κ2) is 10.5. The number of aryl methyl sites for hydroxylation is 1. The molecule has 2 N–H and O–H groups in total. The summed E-state index contributed by atoms with van der Waals surface area (Å²) in [5.74, 6) is -0.231. The molecule has 0 unspecified atom stereocenters. The average molecular weight is 515 g/mol. The minimum Gasteiger partial charge on any atom is -0.506 e. The predicted octanol–water partition coefficient (Wildman–Crippen LogP) is 6.75. The van der Waals surface area contributed by atoms with Crippen LogP contribution in [0.25, 0.3) is 0 Å². The molecule has 1 saturated carbocycles. The summed E-state index contributed by atoms with van der Waals surface area (Å²) >= 11 is 6.14. The van der Waals surface area contributed by atoms with Crippen molar-refractivity contribution >= 4 is 34.9 Å². The molecule has 1 aliphatic rings. The molecule has 188 valence electrons. The van der Waals surface area contributed by atoms with E-state index in [1.807, 2.05) is 37.3 Å². The third-order valence-corrected chi connectivity index (χ3v) is 7.04. The van der Waals surface area contributed by atoms with Gasteiger partial charge in [0.15, 0.2) is 0 Å². The monoisotopic (exact) mass is 514 g/mol. The summed E-state index contributed by atoms with van der Waals surface area (Å²) in [6, 6.07) is 20.9. The highest BCUT2D eigenvalue weighted by Gasteiger charge is 2.29. The molecule has 4 aromatic rings. The number of benzene rings is 3. The first-order valence-electron chi connectivity index (χ1n) is 12.2. The summed E-state index contributed by atoms with van der Waals surface area (Å²) in [5.41, 5.74) is 3.92. The normalized spacial score (nSPS) is 13.1. The number of phenolic OH excluding ortho intramolecular Hbond substituents is 1. The van der Waals surface area contributed by atoms with Crippen molar-refractivity contribution in [1.29, 1.82) is 0 Å². The Hall–Kier alpha value is -4.10. The number of nitrogens with zero attached hydrogens (tertiary/aromatic N) is 3. The molecule has 1 aliphatic carbocycles. The lowest BCUT2D eigenvalue weighted by molar-refractivity contribution is 0.102. The van der Waals surface area contributed by atoms with Gasteiger partial charge in [-0.1, -0.05) is 60.0 Å². The molecule has 1 aromatic heterocycles. The number of aromatic hydroxyl groups is 1. The van der Waals surface area contributed by atoms with E-state index < -0.39 is 5.91 Å². The van der Waals surface area contributed by atoms with E-state index in [1.165, 1.54) is 15.6 Å². The second-order valence-corrected chi connectivity index (χ2v) is 9.69. The van der Waals surface area contributed by atoms with Crippen molar-refractivity contribution in [2.75, 3.05) is 10.2 Å². The Labute approximate surface area is 220 Å². The van der Waals surface area contributed by atoms with Gasteiger partial charge in [-0.2, -0.15) is 9.78 Å². The zero-order valence-corrected chi connectivity index (χ0v) is 21.2. The van der Waals surface area contributed by atoms with Gasteiger partial charge in [-0.25, -0.2) is 4.79 Å². The van der Waals surface area contributed by atoms with Gasteiger partial charge in [0, 0.05) is 23.9 Å². The van der Waals surface area contributed by atoms with E-state index in [9.17, 15) is 14.7 Å². The molecule has 0 saturated heterocycles. The standard InChI is InChI=1S/C29H27ClN4O3/c1-19-9-11-20(12-10-19)18-33(29(37)34-25(15-16-31-34)21-5-4-6-21)26-14-13-22(17-27(26)35)32-28(36)23-7-2-3-8-24(23)30/h2-3,7-17,21,35H,4-6,18H2,1H3,(H,32,36). The number of phenols is 1. The van der Waals surface area contributed by atoms with Crippen molar-refractivity contribution in [2.45, 2.75) is 38.6 Å². The number of anilines is 2. The largest absolute Gasteiger partial charge is 0.506 e. The van der Waals surface area contributed by atoms with Crippen LogP contribution in [0.3, 0.4) is 0 Å².